The van der Waals surface area contributed by atoms with Crippen LogP contribution in [0.25, 0.3) is 0 Å². The van der Waals surface area contributed by atoms with Gasteiger partial charge in [-0.2, -0.15) is 0 Å². The molecule has 1 fully saturated rings. The Hall–Kier alpha value is -0.820. The first-order valence-electron chi connectivity index (χ1n) is 7.67. The lowest BCUT2D eigenvalue weighted by atomic mass is 9.70. The Bertz CT molecular complexity index is 403. The van der Waals surface area contributed by atoms with Crippen molar-refractivity contribution in [2.45, 2.75) is 59.4 Å². The van der Waals surface area contributed by atoms with E-state index in [1.807, 2.05) is 0 Å². The maximum atomic E-state index is 3.57. The van der Waals surface area contributed by atoms with Crippen molar-refractivity contribution in [3.8, 4) is 0 Å². The van der Waals surface area contributed by atoms with E-state index in [1.165, 1.54) is 42.4 Å². The number of rotatable bonds is 3. The average Bonchev–Trinajstić information content (AvgIpc) is 2.31. The molecule has 1 aliphatic rings. The van der Waals surface area contributed by atoms with Crippen LogP contribution in [0.1, 0.15) is 62.3 Å². The first-order chi connectivity index (χ1) is 8.91. The highest BCUT2D eigenvalue weighted by molar-refractivity contribution is 5.31. The van der Waals surface area contributed by atoms with Crippen LogP contribution >= 0.6 is 0 Å². The summed E-state index contributed by atoms with van der Waals surface area (Å²) in [7, 11) is 2.11. The Labute approximate surface area is 118 Å². The van der Waals surface area contributed by atoms with Crippen molar-refractivity contribution in [2.75, 3.05) is 7.05 Å². The van der Waals surface area contributed by atoms with Gasteiger partial charge in [0.2, 0.25) is 0 Å². The van der Waals surface area contributed by atoms with Crippen LogP contribution in [-0.4, -0.2) is 7.05 Å². The van der Waals surface area contributed by atoms with Crippen molar-refractivity contribution in [2.24, 2.45) is 11.3 Å². The second kappa shape index (κ2) is 5.66. The average molecular weight is 259 g/mol. The van der Waals surface area contributed by atoms with E-state index in [1.54, 1.807) is 0 Å². The number of benzene rings is 1. The van der Waals surface area contributed by atoms with E-state index in [0.29, 0.717) is 11.5 Å². The van der Waals surface area contributed by atoms with Gasteiger partial charge >= 0.3 is 0 Å². The third-order valence-corrected chi connectivity index (χ3v) is 4.77. The van der Waals surface area contributed by atoms with Crippen LogP contribution in [-0.2, 0) is 0 Å². The van der Waals surface area contributed by atoms with Gasteiger partial charge in [0, 0.05) is 6.04 Å². The summed E-state index contributed by atoms with van der Waals surface area (Å²) in [5.74, 6) is 0.791. The van der Waals surface area contributed by atoms with Gasteiger partial charge in [0.1, 0.15) is 0 Å². The molecule has 0 aliphatic heterocycles. The van der Waals surface area contributed by atoms with Gasteiger partial charge in [-0.1, -0.05) is 43.2 Å². The van der Waals surface area contributed by atoms with Gasteiger partial charge in [-0.3, -0.25) is 0 Å². The first-order valence-corrected chi connectivity index (χ1v) is 7.67. The molecule has 1 saturated carbocycles. The molecule has 1 N–H and O–H groups in total. The van der Waals surface area contributed by atoms with Gasteiger partial charge in [-0.15, -0.1) is 0 Å². The van der Waals surface area contributed by atoms with Crippen LogP contribution < -0.4 is 5.32 Å². The minimum Gasteiger partial charge on any atom is -0.313 e. The highest BCUT2D eigenvalue weighted by Gasteiger charge is 2.31. The molecule has 0 spiro atoms. The zero-order chi connectivity index (χ0) is 14.0. The molecule has 1 heteroatoms. The summed E-state index contributed by atoms with van der Waals surface area (Å²) in [5.41, 5.74) is 4.79. The van der Waals surface area contributed by atoms with E-state index in [9.17, 15) is 0 Å². The Kier molecular flexibility index (Phi) is 4.35. The third-order valence-electron chi connectivity index (χ3n) is 4.77. The van der Waals surface area contributed by atoms with Gasteiger partial charge in [-0.05, 0) is 63.5 Å². The van der Waals surface area contributed by atoms with Gasteiger partial charge < -0.3 is 5.32 Å². The van der Waals surface area contributed by atoms with Crippen molar-refractivity contribution < 1.29 is 0 Å². The molecule has 0 heterocycles. The lowest BCUT2D eigenvalue weighted by Crippen LogP contribution is -2.31. The summed E-state index contributed by atoms with van der Waals surface area (Å²) in [4.78, 5) is 0. The van der Waals surface area contributed by atoms with Crippen LogP contribution in [0.15, 0.2) is 18.2 Å². The molecule has 19 heavy (non-hydrogen) atoms. The van der Waals surface area contributed by atoms with Crippen molar-refractivity contribution in [1.82, 2.24) is 5.32 Å². The zero-order valence-electron chi connectivity index (χ0n) is 13.2. The molecule has 1 unspecified atom stereocenters. The van der Waals surface area contributed by atoms with Gasteiger partial charge in [0.25, 0.3) is 0 Å². The summed E-state index contributed by atoms with van der Waals surface area (Å²) in [6, 6.07) is 7.50. The largest absolute Gasteiger partial charge is 0.313 e. The normalized spacial score (nSPS) is 21.3. The molecule has 0 bridgehead atoms. The second-order valence-electron chi connectivity index (χ2n) is 7.19. The standard InChI is InChI=1S/C18H29N/c1-13-10-14(2)12-16(11-13)17(19-5)15-6-8-18(3,4)9-7-15/h10-12,15,17,19H,6-9H2,1-5H3. The summed E-state index contributed by atoms with van der Waals surface area (Å²) in [5, 5.41) is 3.57. The van der Waals surface area contributed by atoms with Crippen LogP contribution in [0.4, 0.5) is 0 Å². The lowest BCUT2D eigenvalue weighted by molar-refractivity contribution is 0.164. The predicted octanol–water partition coefficient (Wildman–Crippen LogP) is 4.78. The molecule has 1 atom stereocenters. The number of nitrogens with one attached hydrogen (secondary N) is 1. The molecule has 0 amide bonds. The molecule has 0 radical (unpaired) electrons. The molecular formula is C18H29N. The number of aryl methyl sites for hydroxylation is 2. The third kappa shape index (κ3) is 3.60. The van der Waals surface area contributed by atoms with Gasteiger partial charge in [0.05, 0.1) is 0 Å². The van der Waals surface area contributed by atoms with Crippen molar-refractivity contribution in [1.29, 1.82) is 0 Å². The van der Waals surface area contributed by atoms with E-state index in [-0.39, 0.29) is 0 Å². The first kappa shape index (κ1) is 14.6. The fourth-order valence-corrected chi connectivity index (χ4v) is 3.62. The van der Waals surface area contributed by atoms with E-state index < -0.39 is 0 Å². The minimum atomic E-state index is 0.523. The molecule has 1 aliphatic carbocycles. The second-order valence-corrected chi connectivity index (χ2v) is 7.19. The Morgan fingerprint density at radius 3 is 2.05 bits per heavy atom. The molecule has 0 aromatic heterocycles. The number of hydrogen-bond donors (Lipinski definition) is 1. The molecule has 1 aromatic rings. The molecule has 1 nitrogen and oxygen atoms in total. The van der Waals surface area contributed by atoms with E-state index in [0.717, 1.165) is 5.92 Å². The highest BCUT2D eigenvalue weighted by Crippen LogP contribution is 2.42. The molecule has 1 aromatic carbocycles. The topological polar surface area (TPSA) is 12.0 Å². The SMILES string of the molecule is CNC(c1cc(C)cc(C)c1)C1CCC(C)(C)CC1. The van der Waals surface area contributed by atoms with Crippen molar-refractivity contribution in [3.05, 3.63) is 34.9 Å². The summed E-state index contributed by atoms with van der Waals surface area (Å²) in [6.07, 6.45) is 5.43. The van der Waals surface area contributed by atoms with Crippen LogP contribution in [0, 0.1) is 25.2 Å². The molecule has 0 saturated heterocycles. The smallest absolute Gasteiger partial charge is 0.0346 e. The molecular weight excluding hydrogens is 230 g/mol. The maximum absolute atomic E-state index is 3.57. The molecule has 2 rings (SSSR count). The highest BCUT2D eigenvalue weighted by atomic mass is 14.9. The Balaban J connectivity index is 2.16. The zero-order valence-corrected chi connectivity index (χ0v) is 13.2. The van der Waals surface area contributed by atoms with Gasteiger partial charge in [-0.25, -0.2) is 0 Å². The fourth-order valence-electron chi connectivity index (χ4n) is 3.62. The quantitative estimate of drug-likeness (QED) is 0.823. The van der Waals surface area contributed by atoms with Crippen LogP contribution in [0.3, 0.4) is 0 Å². The Morgan fingerprint density at radius 2 is 1.58 bits per heavy atom. The summed E-state index contributed by atoms with van der Waals surface area (Å²) < 4.78 is 0. The van der Waals surface area contributed by atoms with E-state index in [4.69, 9.17) is 0 Å². The number of hydrogen-bond acceptors (Lipinski definition) is 1. The monoisotopic (exact) mass is 259 g/mol. The van der Waals surface area contributed by atoms with Crippen molar-refractivity contribution in [3.63, 3.8) is 0 Å². The lowest BCUT2D eigenvalue weighted by Gasteiger charge is -2.38. The predicted molar refractivity (Wildman–Crippen MR) is 83.5 cm³/mol. The van der Waals surface area contributed by atoms with Crippen LogP contribution in [0.5, 0.6) is 0 Å². The minimum absolute atomic E-state index is 0.523. The maximum Gasteiger partial charge on any atom is 0.0346 e. The Morgan fingerprint density at radius 1 is 1.05 bits per heavy atom. The van der Waals surface area contributed by atoms with Crippen molar-refractivity contribution >= 4 is 0 Å². The van der Waals surface area contributed by atoms with E-state index in [2.05, 4.69) is 58.3 Å². The van der Waals surface area contributed by atoms with Gasteiger partial charge in [0.15, 0.2) is 0 Å². The summed E-state index contributed by atoms with van der Waals surface area (Å²) in [6.45, 7) is 9.23. The van der Waals surface area contributed by atoms with E-state index >= 15 is 0 Å². The summed E-state index contributed by atoms with van der Waals surface area (Å²) >= 11 is 0. The van der Waals surface area contributed by atoms with Crippen LogP contribution in [0.2, 0.25) is 0 Å². The fraction of sp³-hybridized carbons (Fsp3) is 0.667. The molecule has 106 valence electrons.